The van der Waals surface area contributed by atoms with Crippen LogP contribution in [0, 0.1) is 13.8 Å². The summed E-state index contributed by atoms with van der Waals surface area (Å²) in [6.45, 7) is 4.44. The number of amides is 1. The third kappa shape index (κ3) is 4.91. The molecule has 1 amide bonds. The van der Waals surface area contributed by atoms with Crippen molar-refractivity contribution in [2.45, 2.75) is 53.0 Å². The number of nitrogens with zero attached hydrogens (tertiary/aromatic N) is 4. The lowest BCUT2D eigenvalue weighted by molar-refractivity contribution is -0.147. The quantitative estimate of drug-likeness (QED) is 0.533. The minimum Gasteiger partial charge on any atom is -0.383 e. The van der Waals surface area contributed by atoms with Gasteiger partial charge in [0.2, 0.25) is 11.7 Å². The Morgan fingerprint density at radius 2 is 1.79 bits per heavy atom. The average Bonchev–Trinajstić information content (AvgIpc) is 3.15. The average molecular weight is 481 g/mol. The van der Waals surface area contributed by atoms with Crippen LogP contribution in [0.1, 0.15) is 30.3 Å². The smallest absolute Gasteiger partial charge is 0.383 e. The highest BCUT2D eigenvalue weighted by atomic mass is 19.4. The van der Waals surface area contributed by atoms with Crippen molar-refractivity contribution in [3.05, 3.63) is 56.0 Å². The van der Waals surface area contributed by atoms with Gasteiger partial charge in [0.1, 0.15) is 6.54 Å². The number of alkyl halides is 3. The zero-order chi connectivity index (χ0) is 25.2. The second-order valence-corrected chi connectivity index (χ2v) is 7.92. The third-order valence-electron chi connectivity index (χ3n) is 5.43. The third-order valence-corrected chi connectivity index (χ3v) is 5.43. The summed E-state index contributed by atoms with van der Waals surface area (Å²) in [6, 6.07) is 5.23. The highest BCUT2D eigenvalue weighted by molar-refractivity contribution is 5.90. The van der Waals surface area contributed by atoms with Gasteiger partial charge in [-0.15, -0.1) is 0 Å². The fourth-order valence-corrected chi connectivity index (χ4v) is 3.64. The molecule has 0 saturated carbocycles. The van der Waals surface area contributed by atoms with Crippen LogP contribution in [-0.2, 0) is 35.3 Å². The number of hydrogen-bond donors (Lipinski definition) is 1. The van der Waals surface area contributed by atoms with E-state index in [0.29, 0.717) is 21.2 Å². The molecule has 0 unspecified atom stereocenters. The topological polar surface area (TPSA) is 100 Å². The molecular weight excluding hydrogens is 455 g/mol. The molecule has 0 aliphatic rings. The molecule has 3 aromatic rings. The van der Waals surface area contributed by atoms with Crippen molar-refractivity contribution < 1.29 is 22.7 Å². The molecule has 0 aliphatic carbocycles. The van der Waals surface area contributed by atoms with E-state index in [-0.39, 0.29) is 25.3 Å². The number of benzene rings is 1. The molecule has 34 heavy (non-hydrogen) atoms. The largest absolute Gasteiger partial charge is 0.449 e. The number of hydrogen-bond acceptors (Lipinski definition) is 5. The van der Waals surface area contributed by atoms with E-state index in [1.165, 1.54) is 7.11 Å². The van der Waals surface area contributed by atoms with Crippen LogP contribution in [0.4, 0.5) is 18.9 Å². The molecule has 0 spiro atoms. The summed E-state index contributed by atoms with van der Waals surface area (Å²) < 4.78 is 48.3. The van der Waals surface area contributed by atoms with E-state index in [2.05, 4.69) is 10.3 Å². The van der Waals surface area contributed by atoms with E-state index >= 15 is 0 Å². The molecule has 0 atom stereocenters. The number of aryl methyl sites for hydroxylation is 3. The van der Waals surface area contributed by atoms with Gasteiger partial charge in [0, 0.05) is 25.9 Å². The van der Waals surface area contributed by atoms with Crippen molar-refractivity contribution in [3.63, 3.8) is 0 Å². The van der Waals surface area contributed by atoms with E-state index in [9.17, 15) is 27.6 Å². The van der Waals surface area contributed by atoms with Gasteiger partial charge in [0.15, 0.2) is 11.2 Å². The number of carbonyl (C=O) groups is 1. The lowest BCUT2D eigenvalue weighted by atomic mass is 10.1. The second kappa shape index (κ2) is 9.84. The number of carbonyl (C=O) groups excluding carboxylic acids is 1. The Morgan fingerprint density at radius 1 is 1.09 bits per heavy atom. The fourth-order valence-electron chi connectivity index (χ4n) is 3.64. The van der Waals surface area contributed by atoms with Crippen molar-refractivity contribution in [1.82, 2.24) is 18.7 Å². The van der Waals surface area contributed by atoms with Gasteiger partial charge < -0.3 is 14.6 Å². The predicted octanol–water partition coefficient (Wildman–Crippen LogP) is 2.69. The highest BCUT2D eigenvalue weighted by Gasteiger charge is 2.39. The molecule has 9 nitrogen and oxygen atoms in total. The number of halogens is 3. The van der Waals surface area contributed by atoms with Crippen LogP contribution in [-0.4, -0.2) is 38.3 Å². The van der Waals surface area contributed by atoms with Gasteiger partial charge in [0.25, 0.3) is 5.56 Å². The monoisotopic (exact) mass is 481 g/mol. The molecule has 0 bridgehead atoms. The predicted molar refractivity (Wildman–Crippen MR) is 120 cm³/mol. The number of nitrogens with one attached hydrogen (secondary N) is 1. The van der Waals surface area contributed by atoms with Gasteiger partial charge in [0.05, 0.1) is 6.61 Å². The number of ether oxygens (including phenoxy) is 1. The van der Waals surface area contributed by atoms with Crippen LogP contribution < -0.4 is 16.6 Å². The van der Waals surface area contributed by atoms with Gasteiger partial charge >= 0.3 is 11.9 Å². The Kier molecular flexibility index (Phi) is 7.29. The Labute approximate surface area is 192 Å². The second-order valence-electron chi connectivity index (χ2n) is 7.92. The summed E-state index contributed by atoms with van der Waals surface area (Å²) >= 11 is 0. The summed E-state index contributed by atoms with van der Waals surface area (Å²) in [5, 5.41) is 2.62. The Hall–Kier alpha value is -3.41. The SMILES string of the molecule is CCCn1c(=O)n(CC(=O)Nc2ccc(C)c(C)c2)c(=O)c2c1nc(C(F)(F)F)n2CCOC. The Morgan fingerprint density at radius 3 is 2.38 bits per heavy atom. The lowest BCUT2D eigenvalue weighted by Gasteiger charge is -2.13. The number of aromatic nitrogens is 4. The summed E-state index contributed by atoms with van der Waals surface area (Å²) in [5.41, 5.74) is -0.278. The molecule has 2 heterocycles. The molecule has 3 rings (SSSR count). The fraction of sp³-hybridized carbons (Fsp3) is 0.455. The summed E-state index contributed by atoms with van der Waals surface area (Å²) in [4.78, 5) is 42.6. The number of imidazole rings is 1. The zero-order valence-corrected chi connectivity index (χ0v) is 19.3. The van der Waals surface area contributed by atoms with E-state index in [1.54, 1.807) is 19.1 Å². The van der Waals surface area contributed by atoms with E-state index in [0.717, 1.165) is 15.7 Å². The maximum absolute atomic E-state index is 13.7. The van der Waals surface area contributed by atoms with Crippen LogP contribution in [0.5, 0.6) is 0 Å². The summed E-state index contributed by atoms with van der Waals surface area (Å²) in [5.74, 6) is -1.97. The van der Waals surface area contributed by atoms with Crippen molar-refractivity contribution in [3.8, 4) is 0 Å². The number of anilines is 1. The number of fused-ring (bicyclic) bond motifs is 1. The van der Waals surface area contributed by atoms with Gasteiger partial charge in [-0.1, -0.05) is 13.0 Å². The standard InChI is InChI=1S/C22H26F3N5O4/c1-5-8-29-18-17(28(9-10-34-4)20(27-18)22(23,24)25)19(32)30(21(29)33)12-16(31)26-15-7-6-13(2)14(3)11-15/h6-7,11H,5,8-10,12H2,1-4H3,(H,26,31). The first-order chi connectivity index (χ1) is 16.0. The molecule has 0 aliphatic heterocycles. The first-order valence-corrected chi connectivity index (χ1v) is 10.7. The Bertz CT molecular complexity index is 1340. The molecule has 0 radical (unpaired) electrons. The Balaban J connectivity index is 2.16. The first kappa shape index (κ1) is 25.2. The van der Waals surface area contributed by atoms with Crippen LogP contribution in [0.25, 0.3) is 11.2 Å². The summed E-state index contributed by atoms with van der Waals surface area (Å²) in [7, 11) is 1.31. The first-order valence-electron chi connectivity index (χ1n) is 10.7. The van der Waals surface area contributed by atoms with Crippen molar-refractivity contribution in [1.29, 1.82) is 0 Å². The zero-order valence-electron chi connectivity index (χ0n) is 19.3. The molecule has 1 aromatic carbocycles. The van der Waals surface area contributed by atoms with Crippen LogP contribution in [0.3, 0.4) is 0 Å². The van der Waals surface area contributed by atoms with Crippen molar-refractivity contribution >= 4 is 22.8 Å². The number of rotatable bonds is 8. The van der Waals surface area contributed by atoms with Gasteiger partial charge in [-0.25, -0.2) is 14.3 Å². The van der Waals surface area contributed by atoms with Crippen LogP contribution in [0.15, 0.2) is 27.8 Å². The van der Waals surface area contributed by atoms with Crippen LogP contribution >= 0.6 is 0 Å². The lowest BCUT2D eigenvalue weighted by Crippen LogP contribution is -2.43. The van der Waals surface area contributed by atoms with Crippen molar-refractivity contribution in [2.75, 3.05) is 19.0 Å². The molecule has 2 aromatic heterocycles. The van der Waals surface area contributed by atoms with E-state index in [4.69, 9.17) is 4.74 Å². The van der Waals surface area contributed by atoms with Gasteiger partial charge in [-0.05, 0) is 43.5 Å². The maximum atomic E-state index is 13.7. The molecule has 0 saturated heterocycles. The number of methoxy groups -OCH3 is 1. The van der Waals surface area contributed by atoms with Gasteiger partial charge in [-0.3, -0.25) is 14.2 Å². The molecule has 0 fully saturated rings. The molecule has 12 heteroatoms. The summed E-state index contributed by atoms with van der Waals surface area (Å²) in [6.07, 6.45) is -4.47. The maximum Gasteiger partial charge on any atom is 0.449 e. The van der Waals surface area contributed by atoms with E-state index in [1.807, 2.05) is 19.9 Å². The van der Waals surface area contributed by atoms with E-state index < -0.39 is 41.2 Å². The normalized spacial score (nSPS) is 11.9. The molecule has 184 valence electrons. The van der Waals surface area contributed by atoms with Crippen LogP contribution in [0.2, 0.25) is 0 Å². The molecular formula is C22H26F3N5O4. The minimum absolute atomic E-state index is 0.0208. The van der Waals surface area contributed by atoms with Gasteiger partial charge in [-0.2, -0.15) is 13.2 Å². The van der Waals surface area contributed by atoms with Crippen molar-refractivity contribution in [2.24, 2.45) is 0 Å². The minimum atomic E-state index is -4.86. The molecule has 1 N–H and O–H groups in total. The highest BCUT2D eigenvalue weighted by Crippen LogP contribution is 2.30.